The van der Waals surface area contributed by atoms with E-state index in [-0.39, 0.29) is 6.61 Å². The van der Waals surface area contributed by atoms with Gasteiger partial charge >= 0.3 is 0 Å². The Kier molecular flexibility index (Phi) is 5.51. The first-order valence-corrected chi connectivity index (χ1v) is 8.52. The van der Waals surface area contributed by atoms with Gasteiger partial charge in [-0.1, -0.05) is 30.0 Å². The Morgan fingerprint density at radius 3 is 2.70 bits per heavy atom. The maximum absolute atomic E-state index is 9.51. The van der Waals surface area contributed by atoms with Crippen LogP contribution in [0.3, 0.4) is 0 Å². The predicted octanol–water partition coefficient (Wildman–Crippen LogP) is 2.02. The second-order valence-electron chi connectivity index (χ2n) is 5.28. The van der Waals surface area contributed by atoms with Crippen molar-refractivity contribution in [3.05, 3.63) is 47.7 Å². The number of nitrogens with two attached hydrogens (primary N) is 1. The molecule has 0 aliphatic carbocycles. The first kappa shape index (κ1) is 16.3. The molecular weight excluding hydrogens is 310 g/mol. The highest BCUT2D eigenvalue weighted by atomic mass is 32.2. The van der Waals surface area contributed by atoms with E-state index >= 15 is 0 Å². The van der Waals surface area contributed by atoms with Crippen LogP contribution >= 0.6 is 11.8 Å². The summed E-state index contributed by atoms with van der Waals surface area (Å²) in [5, 5.41) is 9.51. The van der Waals surface area contributed by atoms with Crippen molar-refractivity contribution in [2.75, 3.05) is 31.2 Å². The highest BCUT2D eigenvalue weighted by Crippen LogP contribution is 2.35. The van der Waals surface area contributed by atoms with Gasteiger partial charge in [-0.15, -0.1) is 0 Å². The first-order valence-electron chi connectivity index (χ1n) is 7.70. The maximum atomic E-state index is 9.51. The number of aliphatic hydroxyl groups is 1. The quantitative estimate of drug-likeness (QED) is 0.873. The highest BCUT2D eigenvalue weighted by molar-refractivity contribution is 7.99. The Hall–Kier alpha value is -1.60. The molecule has 0 saturated carbocycles. The van der Waals surface area contributed by atoms with Crippen molar-refractivity contribution in [3.63, 3.8) is 0 Å². The van der Waals surface area contributed by atoms with Crippen LogP contribution in [0.4, 0.5) is 5.82 Å². The number of nitrogens with zero attached hydrogens (tertiary/aromatic N) is 2. The van der Waals surface area contributed by atoms with Crippen LogP contribution in [0.15, 0.2) is 46.3 Å². The summed E-state index contributed by atoms with van der Waals surface area (Å²) >= 11 is 1.63. The van der Waals surface area contributed by atoms with Crippen molar-refractivity contribution >= 4 is 17.6 Å². The molecule has 0 bridgehead atoms. The molecule has 6 heteroatoms. The third-order valence-corrected chi connectivity index (χ3v) is 5.09. The average molecular weight is 331 g/mol. The first-order chi connectivity index (χ1) is 11.3. The SMILES string of the molecule is NCc1c(Sc2ccccc2CO)ccnc1N1CCOCC1. The summed E-state index contributed by atoms with van der Waals surface area (Å²) in [6.07, 6.45) is 1.83. The number of morpholine rings is 1. The molecule has 1 aliphatic heterocycles. The van der Waals surface area contributed by atoms with Crippen LogP contribution < -0.4 is 10.6 Å². The van der Waals surface area contributed by atoms with Crippen LogP contribution in [0.25, 0.3) is 0 Å². The van der Waals surface area contributed by atoms with Crippen molar-refractivity contribution < 1.29 is 9.84 Å². The Morgan fingerprint density at radius 1 is 1.17 bits per heavy atom. The Bertz CT molecular complexity index is 660. The summed E-state index contributed by atoms with van der Waals surface area (Å²) < 4.78 is 5.42. The van der Waals surface area contributed by atoms with Gasteiger partial charge in [-0.05, 0) is 17.7 Å². The molecule has 1 fully saturated rings. The van der Waals surface area contributed by atoms with Crippen LogP contribution in [0.1, 0.15) is 11.1 Å². The average Bonchev–Trinajstić information content (AvgIpc) is 2.62. The molecule has 122 valence electrons. The van der Waals surface area contributed by atoms with Gasteiger partial charge in [0.15, 0.2) is 0 Å². The van der Waals surface area contributed by atoms with Crippen molar-refractivity contribution in [2.24, 2.45) is 5.73 Å². The lowest BCUT2D eigenvalue weighted by molar-refractivity contribution is 0.122. The second-order valence-corrected chi connectivity index (χ2v) is 6.37. The number of benzene rings is 1. The van der Waals surface area contributed by atoms with E-state index in [1.54, 1.807) is 11.8 Å². The zero-order valence-corrected chi connectivity index (χ0v) is 13.8. The summed E-state index contributed by atoms with van der Waals surface area (Å²) in [7, 11) is 0. The van der Waals surface area contributed by atoms with Gasteiger partial charge in [0.25, 0.3) is 0 Å². The van der Waals surface area contributed by atoms with Crippen molar-refractivity contribution in [2.45, 2.75) is 22.9 Å². The molecule has 3 N–H and O–H groups in total. The minimum atomic E-state index is 0.0303. The molecule has 0 radical (unpaired) electrons. The van der Waals surface area contributed by atoms with Gasteiger partial charge in [0, 0.05) is 41.2 Å². The van der Waals surface area contributed by atoms with Gasteiger partial charge < -0.3 is 20.5 Å². The molecule has 0 spiro atoms. The van der Waals surface area contributed by atoms with Crippen molar-refractivity contribution in [3.8, 4) is 0 Å². The lowest BCUT2D eigenvalue weighted by Gasteiger charge is -2.30. The molecule has 0 amide bonds. The third kappa shape index (κ3) is 3.67. The van der Waals surface area contributed by atoms with Gasteiger partial charge in [-0.2, -0.15) is 0 Å². The normalized spacial score (nSPS) is 15.0. The molecule has 2 heterocycles. The van der Waals surface area contributed by atoms with E-state index in [9.17, 15) is 5.11 Å². The number of pyridine rings is 1. The van der Waals surface area contributed by atoms with Crippen LogP contribution in [-0.2, 0) is 17.9 Å². The van der Waals surface area contributed by atoms with E-state index in [2.05, 4.69) is 9.88 Å². The molecule has 0 atom stereocenters. The molecule has 1 aliphatic rings. The standard InChI is InChI=1S/C17H21N3O2S/c18-11-14-16(23-15-4-2-1-3-13(15)12-21)5-6-19-17(14)20-7-9-22-10-8-20/h1-6,21H,7-12,18H2. The summed E-state index contributed by atoms with van der Waals surface area (Å²) in [5.74, 6) is 0.947. The summed E-state index contributed by atoms with van der Waals surface area (Å²) in [6.45, 7) is 3.57. The molecule has 1 saturated heterocycles. The minimum Gasteiger partial charge on any atom is -0.392 e. The number of anilines is 1. The Balaban J connectivity index is 1.92. The number of aliphatic hydroxyl groups excluding tert-OH is 1. The van der Waals surface area contributed by atoms with Crippen LogP contribution in [0, 0.1) is 0 Å². The molecule has 1 aromatic heterocycles. The Labute approximate surface area is 140 Å². The number of ether oxygens (including phenoxy) is 1. The number of rotatable bonds is 5. The topological polar surface area (TPSA) is 71.6 Å². The van der Waals surface area contributed by atoms with Crippen LogP contribution in [0.5, 0.6) is 0 Å². The second kappa shape index (κ2) is 7.79. The van der Waals surface area contributed by atoms with Gasteiger partial charge in [-0.25, -0.2) is 4.98 Å². The fourth-order valence-corrected chi connectivity index (χ4v) is 3.73. The number of hydrogen-bond acceptors (Lipinski definition) is 6. The van der Waals surface area contributed by atoms with Crippen molar-refractivity contribution in [1.82, 2.24) is 4.98 Å². The zero-order chi connectivity index (χ0) is 16.1. The van der Waals surface area contributed by atoms with E-state index in [1.165, 1.54) is 0 Å². The van der Waals surface area contributed by atoms with Crippen molar-refractivity contribution in [1.29, 1.82) is 0 Å². The van der Waals surface area contributed by atoms with E-state index in [1.807, 2.05) is 36.5 Å². The lowest BCUT2D eigenvalue weighted by atomic mass is 10.2. The van der Waals surface area contributed by atoms with Crippen LogP contribution in [-0.4, -0.2) is 36.4 Å². The fourth-order valence-electron chi connectivity index (χ4n) is 2.65. The van der Waals surface area contributed by atoms with E-state index in [0.29, 0.717) is 6.54 Å². The minimum absolute atomic E-state index is 0.0303. The van der Waals surface area contributed by atoms with Gasteiger partial charge in [0.1, 0.15) is 5.82 Å². The highest BCUT2D eigenvalue weighted by Gasteiger charge is 2.18. The molecular formula is C17H21N3O2S. The van der Waals surface area contributed by atoms with Gasteiger partial charge in [0.05, 0.1) is 19.8 Å². The van der Waals surface area contributed by atoms with Gasteiger partial charge in [-0.3, -0.25) is 0 Å². The molecule has 1 aromatic carbocycles. The van der Waals surface area contributed by atoms with Gasteiger partial charge in [0.2, 0.25) is 0 Å². The largest absolute Gasteiger partial charge is 0.392 e. The summed E-state index contributed by atoms with van der Waals surface area (Å²) in [4.78, 5) is 8.91. The number of aromatic nitrogens is 1. The molecule has 5 nitrogen and oxygen atoms in total. The predicted molar refractivity (Wildman–Crippen MR) is 91.6 cm³/mol. The van der Waals surface area contributed by atoms with E-state index < -0.39 is 0 Å². The molecule has 2 aromatic rings. The molecule has 0 unspecified atom stereocenters. The smallest absolute Gasteiger partial charge is 0.134 e. The maximum Gasteiger partial charge on any atom is 0.134 e. The number of hydrogen-bond donors (Lipinski definition) is 2. The zero-order valence-electron chi connectivity index (χ0n) is 12.9. The van der Waals surface area contributed by atoms with E-state index in [0.717, 1.165) is 53.0 Å². The molecule has 23 heavy (non-hydrogen) atoms. The lowest BCUT2D eigenvalue weighted by Crippen LogP contribution is -2.37. The van der Waals surface area contributed by atoms with Crippen LogP contribution in [0.2, 0.25) is 0 Å². The fraction of sp³-hybridized carbons (Fsp3) is 0.353. The third-order valence-electron chi connectivity index (χ3n) is 3.87. The Morgan fingerprint density at radius 2 is 1.96 bits per heavy atom. The van der Waals surface area contributed by atoms with E-state index in [4.69, 9.17) is 10.5 Å². The summed E-state index contributed by atoms with van der Waals surface area (Å²) in [5.41, 5.74) is 7.99. The monoisotopic (exact) mass is 331 g/mol. The molecule has 3 rings (SSSR count). The summed E-state index contributed by atoms with van der Waals surface area (Å²) in [6, 6.07) is 9.86.